The lowest BCUT2D eigenvalue weighted by molar-refractivity contribution is -0.177. The van der Waals surface area contributed by atoms with E-state index in [2.05, 4.69) is 4.74 Å². The molecule has 0 amide bonds. The molecule has 0 unspecified atom stereocenters. The van der Waals surface area contributed by atoms with Crippen LogP contribution in [0.25, 0.3) is 0 Å². The number of alkyl halides is 2. The normalized spacial score (nSPS) is 20.4. The van der Waals surface area contributed by atoms with Crippen molar-refractivity contribution < 1.29 is 23.4 Å². The molecule has 0 saturated heterocycles. The number of esters is 1. The van der Waals surface area contributed by atoms with Gasteiger partial charge >= 0.3 is 5.97 Å². The summed E-state index contributed by atoms with van der Waals surface area (Å²) in [6.07, 6.45) is -1.09. The average molecular weight is 242 g/mol. The van der Waals surface area contributed by atoms with Crippen LogP contribution in [0, 0.1) is 0 Å². The van der Waals surface area contributed by atoms with E-state index >= 15 is 0 Å². The SMILES string of the molecule is COC(=O)C1(c2ccc(O)cc2)CC(F)(F)C1. The number of rotatable bonds is 2. The van der Waals surface area contributed by atoms with Crippen molar-refractivity contribution in [2.75, 3.05) is 7.11 Å². The quantitative estimate of drug-likeness (QED) is 0.809. The third-order valence-electron chi connectivity index (χ3n) is 3.12. The molecule has 1 aromatic carbocycles. The molecular formula is C12H12F2O3. The van der Waals surface area contributed by atoms with Gasteiger partial charge < -0.3 is 9.84 Å². The van der Waals surface area contributed by atoms with E-state index in [4.69, 9.17) is 5.11 Å². The molecule has 1 aliphatic carbocycles. The Morgan fingerprint density at radius 2 is 1.82 bits per heavy atom. The van der Waals surface area contributed by atoms with Crippen LogP contribution in [-0.2, 0) is 14.9 Å². The molecule has 5 heteroatoms. The summed E-state index contributed by atoms with van der Waals surface area (Å²) in [6.45, 7) is 0. The molecule has 1 saturated carbocycles. The van der Waals surface area contributed by atoms with Crippen LogP contribution in [0.4, 0.5) is 8.78 Å². The number of phenols is 1. The van der Waals surface area contributed by atoms with Gasteiger partial charge in [-0.25, -0.2) is 8.78 Å². The van der Waals surface area contributed by atoms with Crippen molar-refractivity contribution in [1.82, 2.24) is 0 Å². The maximum absolute atomic E-state index is 13.0. The van der Waals surface area contributed by atoms with Gasteiger partial charge in [-0.2, -0.15) is 0 Å². The number of aromatic hydroxyl groups is 1. The van der Waals surface area contributed by atoms with Gasteiger partial charge in [0.2, 0.25) is 0 Å². The zero-order valence-electron chi connectivity index (χ0n) is 9.24. The third kappa shape index (κ3) is 1.85. The Labute approximate surface area is 97.0 Å². The molecule has 0 spiro atoms. The first-order chi connectivity index (χ1) is 7.89. The fraction of sp³-hybridized carbons (Fsp3) is 0.417. The Balaban J connectivity index is 2.36. The van der Waals surface area contributed by atoms with Crippen molar-refractivity contribution in [2.24, 2.45) is 0 Å². The second-order valence-electron chi connectivity index (χ2n) is 4.33. The van der Waals surface area contributed by atoms with Gasteiger partial charge in [-0.15, -0.1) is 0 Å². The number of benzene rings is 1. The number of phenolic OH excluding ortho intramolecular Hbond substituents is 1. The number of hydrogen-bond donors (Lipinski definition) is 1. The molecule has 0 radical (unpaired) electrons. The van der Waals surface area contributed by atoms with Crippen molar-refractivity contribution in [3.63, 3.8) is 0 Å². The van der Waals surface area contributed by atoms with E-state index in [1.165, 1.54) is 31.4 Å². The standard InChI is InChI=1S/C12H12F2O3/c1-17-10(16)11(6-12(13,14)7-11)8-2-4-9(15)5-3-8/h2-5,15H,6-7H2,1H3. The molecule has 1 N–H and O–H groups in total. The van der Waals surface area contributed by atoms with Crippen molar-refractivity contribution in [3.05, 3.63) is 29.8 Å². The molecule has 0 aromatic heterocycles. The molecule has 17 heavy (non-hydrogen) atoms. The van der Waals surface area contributed by atoms with E-state index in [9.17, 15) is 13.6 Å². The van der Waals surface area contributed by atoms with Crippen molar-refractivity contribution in [2.45, 2.75) is 24.2 Å². The second kappa shape index (κ2) is 3.68. The lowest BCUT2D eigenvalue weighted by Crippen LogP contribution is -2.54. The monoisotopic (exact) mass is 242 g/mol. The summed E-state index contributed by atoms with van der Waals surface area (Å²) in [4.78, 5) is 11.7. The van der Waals surface area contributed by atoms with Gasteiger partial charge in [-0.1, -0.05) is 12.1 Å². The van der Waals surface area contributed by atoms with Gasteiger partial charge in [-0.3, -0.25) is 4.79 Å². The average Bonchev–Trinajstić information content (AvgIpc) is 2.25. The van der Waals surface area contributed by atoms with Gasteiger partial charge in [-0.05, 0) is 17.7 Å². The van der Waals surface area contributed by atoms with Crippen molar-refractivity contribution in [1.29, 1.82) is 0 Å². The van der Waals surface area contributed by atoms with Crippen LogP contribution < -0.4 is 0 Å². The molecule has 0 bridgehead atoms. The summed E-state index contributed by atoms with van der Waals surface area (Å²) in [5.74, 6) is -3.46. The Morgan fingerprint density at radius 1 is 1.29 bits per heavy atom. The molecule has 0 heterocycles. The van der Waals surface area contributed by atoms with E-state index in [-0.39, 0.29) is 5.75 Å². The fourth-order valence-corrected chi connectivity index (χ4v) is 2.27. The van der Waals surface area contributed by atoms with E-state index < -0.39 is 30.1 Å². The number of ether oxygens (including phenoxy) is 1. The predicted molar refractivity (Wildman–Crippen MR) is 56.0 cm³/mol. The lowest BCUT2D eigenvalue weighted by atomic mass is 9.62. The minimum absolute atomic E-state index is 0.0276. The maximum atomic E-state index is 13.0. The zero-order valence-corrected chi connectivity index (χ0v) is 9.24. The number of halogens is 2. The minimum Gasteiger partial charge on any atom is -0.508 e. The number of carbonyl (C=O) groups is 1. The Hall–Kier alpha value is -1.65. The number of carbonyl (C=O) groups excluding carboxylic acids is 1. The first-order valence-corrected chi connectivity index (χ1v) is 5.15. The van der Waals surface area contributed by atoms with Gasteiger partial charge in [0.05, 0.1) is 7.11 Å². The van der Waals surface area contributed by atoms with Crippen molar-refractivity contribution in [3.8, 4) is 5.75 Å². The topological polar surface area (TPSA) is 46.5 Å². The van der Waals surface area contributed by atoms with Crippen LogP contribution in [0.15, 0.2) is 24.3 Å². The fourth-order valence-electron chi connectivity index (χ4n) is 2.27. The van der Waals surface area contributed by atoms with Gasteiger partial charge in [0, 0.05) is 12.8 Å². The molecule has 1 fully saturated rings. The third-order valence-corrected chi connectivity index (χ3v) is 3.12. The highest BCUT2D eigenvalue weighted by atomic mass is 19.3. The highest BCUT2D eigenvalue weighted by Gasteiger charge is 2.62. The molecule has 92 valence electrons. The van der Waals surface area contributed by atoms with E-state index in [0.29, 0.717) is 5.56 Å². The summed E-state index contributed by atoms with van der Waals surface area (Å²) in [5.41, 5.74) is -0.820. The van der Waals surface area contributed by atoms with E-state index in [1.54, 1.807) is 0 Å². The lowest BCUT2D eigenvalue weighted by Gasteiger charge is -2.45. The summed E-state index contributed by atoms with van der Waals surface area (Å²) in [6, 6.07) is 5.69. The van der Waals surface area contributed by atoms with Crippen molar-refractivity contribution >= 4 is 5.97 Å². The second-order valence-corrected chi connectivity index (χ2v) is 4.33. The molecule has 2 rings (SSSR count). The van der Waals surface area contributed by atoms with Crippen LogP contribution in [-0.4, -0.2) is 24.1 Å². The first kappa shape index (κ1) is 11.8. The smallest absolute Gasteiger partial charge is 0.316 e. The van der Waals surface area contributed by atoms with E-state index in [1.807, 2.05) is 0 Å². The summed E-state index contributed by atoms with van der Waals surface area (Å²) in [5, 5.41) is 9.15. The van der Waals surface area contributed by atoms with Crippen LogP contribution in [0.5, 0.6) is 5.75 Å². The Bertz CT molecular complexity index is 432. The number of methoxy groups -OCH3 is 1. The van der Waals surface area contributed by atoms with Gasteiger partial charge in [0.25, 0.3) is 5.92 Å². The van der Waals surface area contributed by atoms with Gasteiger partial charge in [0.1, 0.15) is 11.2 Å². The largest absolute Gasteiger partial charge is 0.508 e. The zero-order chi connectivity index (χ0) is 12.7. The highest BCUT2D eigenvalue weighted by Crippen LogP contribution is 2.54. The van der Waals surface area contributed by atoms with Crippen LogP contribution in [0.1, 0.15) is 18.4 Å². The predicted octanol–water partition coefficient (Wildman–Crippen LogP) is 2.23. The van der Waals surface area contributed by atoms with Crippen LogP contribution >= 0.6 is 0 Å². The maximum Gasteiger partial charge on any atom is 0.316 e. The summed E-state index contributed by atoms with van der Waals surface area (Å²) in [7, 11) is 1.18. The molecular weight excluding hydrogens is 230 g/mol. The molecule has 1 aliphatic rings. The molecule has 1 aromatic rings. The molecule has 0 aliphatic heterocycles. The first-order valence-electron chi connectivity index (χ1n) is 5.15. The minimum atomic E-state index is -2.83. The van der Waals surface area contributed by atoms with Crippen LogP contribution in [0.2, 0.25) is 0 Å². The highest BCUT2D eigenvalue weighted by molar-refractivity contribution is 5.85. The Kier molecular flexibility index (Phi) is 2.56. The summed E-state index contributed by atoms with van der Waals surface area (Å²) < 4.78 is 30.7. The van der Waals surface area contributed by atoms with Crippen LogP contribution in [0.3, 0.4) is 0 Å². The summed E-state index contributed by atoms with van der Waals surface area (Å²) >= 11 is 0. The molecule has 0 atom stereocenters. The van der Waals surface area contributed by atoms with E-state index in [0.717, 1.165) is 0 Å². The molecule has 3 nitrogen and oxygen atoms in total. The van der Waals surface area contributed by atoms with Gasteiger partial charge in [0.15, 0.2) is 0 Å². The Morgan fingerprint density at radius 3 is 2.24 bits per heavy atom. The number of hydrogen-bond acceptors (Lipinski definition) is 3.